The minimum absolute atomic E-state index is 0.0853. The molecule has 0 radical (unpaired) electrons. The molecule has 6 heteroatoms. The Morgan fingerprint density at radius 2 is 2.19 bits per heavy atom. The molecule has 1 rings (SSSR count). The first-order valence-electron chi connectivity index (χ1n) is 5.03. The second-order valence-electron chi connectivity index (χ2n) is 3.34. The quantitative estimate of drug-likeness (QED) is 0.479. The van der Waals surface area contributed by atoms with Crippen molar-refractivity contribution >= 4 is 27.3 Å². The summed E-state index contributed by atoms with van der Waals surface area (Å²) < 4.78 is 0.701. The van der Waals surface area contributed by atoms with Crippen LogP contribution >= 0.6 is 15.9 Å². The maximum Gasteiger partial charge on any atom is 0.293 e. The van der Waals surface area contributed by atoms with E-state index < -0.39 is 4.92 Å². The molecule has 16 heavy (non-hydrogen) atoms. The standard InChI is InChI=1S/C10H14BrN3O2/c11-8-3-4-9(10(7-8)14(15)16)13-6-2-1-5-12/h3-4,7,13H,1-2,5-6,12H2. The number of nitrogens with zero attached hydrogens (tertiary/aromatic N) is 1. The van der Waals surface area contributed by atoms with Crippen LogP contribution in [-0.2, 0) is 0 Å². The van der Waals surface area contributed by atoms with Crippen molar-refractivity contribution in [3.63, 3.8) is 0 Å². The summed E-state index contributed by atoms with van der Waals surface area (Å²) in [6.45, 7) is 1.34. The fourth-order valence-electron chi connectivity index (χ4n) is 1.30. The van der Waals surface area contributed by atoms with Gasteiger partial charge < -0.3 is 11.1 Å². The molecule has 0 saturated carbocycles. The first-order chi connectivity index (χ1) is 7.65. The summed E-state index contributed by atoms with van der Waals surface area (Å²) in [6, 6.07) is 4.97. The molecular weight excluding hydrogens is 274 g/mol. The third kappa shape index (κ3) is 3.79. The minimum Gasteiger partial charge on any atom is -0.379 e. The molecule has 0 aromatic heterocycles. The predicted octanol–water partition coefficient (Wildman–Crippen LogP) is 2.51. The van der Waals surface area contributed by atoms with Gasteiger partial charge in [-0.15, -0.1) is 0 Å². The van der Waals surface area contributed by atoms with Crippen LogP contribution in [0.25, 0.3) is 0 Å². The first-order valence-corrected chi connectivity index (χ1v) is 5.82. The van der Waals surface area contributed by atoms with Gasteiger partial charge in [0, 0.05) is 17.1 Å². The van der Waals surface area contributed by atoms with Crippen molar-refractivity contribution in [3.05, 3.63) is 32.8 Å². The third-order valence-electron chi connectivity index (χ3n) is 2.10. The summed E-state index contributed by atoms with van der Waals surface area (Å²) >= 11 is 3.21. The zero-order chi connectivity index (χ0) is 12.0. The van der Waals surface area contributed by atoms with Crippen LogP contribution < -0.4 is 11.1 Å². The first kappa shape index (κ1) is 12.9. The topological polar surface area (TPSA) is 81.2 Å². The van der Waals surface area contributed by atoms with Crippen molar-refractivity contribution in [2.75, 3.05) is 18.4 Å². The maximum absolute atomic E-state index is 10.8. The lowest BCUT2D eigenvalue weighted by Crippen LogP contribution is -2.07. The van der Waals surface area contributed by atoms with Gasteiger partial charge in [0.1, 0.15) is 5.69 Å². The molecule has 0 aliphatic heterocycles. The van der Waals surface area contributed by atoms with E-state index >= 15 is 0 Å². The average Bonchev–Trinajstić information content (AvgIpc) is 2.26. The van der Waals surface area contributed by atoms with Crippen LogP contribution in [0.15, 0.2) is 22.7 Å². The minimum atomic E-state index is -0.393. The van der Waals surface area contributed by atoms with Gasteiger partial charge in [-0.05, 0) is 31.5 Å². The Morgan fingerprint density at radius 3 is 2.81 bits per heavy atom. The lowest BCUT2D eigenvalue weighted by Gasteiger charge is -2.06. The average molecular weight is 288 g/mol. The van der Waals surface area contributed by atoms with Gasteiger partial charge in [-0.25, -0.2) is 0 Å². The lowest BCUT2D eigenvalue weighted by molar-refractivity contribution is -0.384. The molecule has 3 N–H and O–H groups in total. The van der Waals surface area contributed by atoms with E-state index in [1.807, 2.05) is 0 Å². The van der Waals surface area contributed by atoms with Gasteiger partial charge in [0.25, 0.3) is 5.69 Å². The van der Waals surface area contributed by atoms with E-state index in [9.17, 15) is 10.1 Å². The van der Waals surface area contributed by atoms with Crippen LogP contribution in [0.3, 0.4) is 0 Å². The van der Waals surface area contributed by atoms with Crippen LogP contribution in [0.5, 0.6) is 0 Å². The molecule has 0 spiro atoms. The Balaban J connectivity index is 2.67. The van der Waals surface area contributed by atoms with E-state index in [0.29, 0.717) is 23.2 Å². The van der Waals surface area contributed by atoms with Crippen LogP contribution in [0.4, 0.5) is 11.4 Å². The zero-order valence-electron chi connectivity index (χ0n) is 8.78. The number of nitrogens with one attached hydrogen (secondary N) is 1. The predicted molar refractivity (Wildman–Crippen MR) is 67.6 cm³/mol. The Labute approximate surface area is 102 Å². The second-order valence-corrected chi connectivity index (χ2v) is 4.26. The summed E-state index contributed by atoms with van der Waals surface area (Å²) in [5.74, 6) is 0. The van der Waals surface area contributed by atoms with Crippen LogP contribution in [0, 0.1) is 10.1 Å². The molecule has 0 unspecified atom stereocenters. The molecule has 1 aromatic rings. The van der Waals surface area contributed by atoms with Crippen LogP contribution in [0.1, 0.15) is 12.8 Å². The van der Waals surface area contributed by atoms with Crippen LogP contribution in [0.2, 0.25) is 0 Å². The van der Waals surface area contributed by atoms with Gasteiger partial charge in [-0.2, -0.15) is 0 Å². The molecule has 0 heterocycles. The molecule has 0 saturated heterocycles. The molecule has 5 nitrogen and oxygen atoms in total. The number of nitro groups is 1. The van der Waals surface area contributed by atoms with E-state index in [4.69, 9.17) is 5.73 Å². The fraction of sp³-hybridized carbons (Fsp3) is 0.400. The number of unbranched alkanes of at least 4 members (excludes halogenated alkanes) is 1. The van der Waals surface area contributed by atoms with Crippen molar-refractivity contribution in [2.24, 2.45) is 5.73 Å². The number of hydrogen-bond donors (Lipinski definition) is 2. The number of hydrogen-bond acceptors (Lipinski definition) is 4. The van der Waals surface area contributed by atoms with E-state index in [0.717, 1.165) is 12.8 Å². The molecule has 0 atom stereocenters. The largest absolute Gasteiger partial charge is 0.379 e. The summed E-state index contributed by atoms with van der Waals surface area (Å²) in [5, 5.41) is 13.8. The van der Waals surface area contributed by atoms with Gasteiger partial charge in [-0.3, -0.25) is 10.1 Å². The van der Waals surface area contributed by atoms with E-state index in [1.165, 1.54) is 6.07 Å². The van der Waals surface area contributed by atoms with Crippen molar-refractivity contribution in [1.82, 2.24) is 0 Å². The number of benzene rings is 1. The highest BCUT2D eigenvalue weighted by molar-refractivity contribution is 9.10. The number of anilines is 1. The van der Waals surface area contributed by atoms with Gasteiger partial charge in [0.15, 0.2) is 0 Å². The van der Waals surface area contributed by atoms with Crippen LogP contribution in [-0.4, -0.2) is 18.0 Å². The van der Waals surface area contributed by atoms with Gasteiger partial charge >= 0.3 is 0 Å². The van der Waals surface area contributed by atoms with Crippen molar-refractivity contribution in [3.8, 4) is 0 Å². The molecule has 88 valence electrons. The number of halogens is 1. The van der Waals surface area contributed by atoms with E-state index in [2.05, 4.69) is 21.2 Å². The molecule has 0 aliphatic carbocycles. The summed E-state index contributed by atoms with van der Waals surface area (Å²) in [5.41, 5.74) is 6.00. The third-order valence-corrected chi connectivity index (χ3v) is 2.60. The van der Waals surface area contributed by atoms with Crippen molar-refractivity contribution in [1.29, 1.82) is 0 Å². The highest BCUT2D eigenvalue weighted by Crippen LogP contribution is 2.27. The Hall–Kier alpha value is -1.14. The molecular formula is C10H14BrN3O2. The Bertz CT molecular complexity index is 371. The zero-order valence-corrected chi connectivity index (χ0v) is 10.4. The molecule has 0 fully saturated rings. The lowest BCUT2D eigenvalue weighted by atomic mass is 10.2. The number of rotatable bonds is 6. The summed E-state index contributed by atoms with van der Waals surface area (Å²) in [6.07, 6.45) is 1.82. The van der Waals surface area contributed by atoms with Gasteiger partial charge in [0.2, 0.25) is 0 Å². The van der Waals surface area contributed by atoms with Crippen molar-refractivity contribution < 1.29 is 4.92 Å². The molecule has 0 amide bonds. The molecule has 0 bridgehead atoms. The number of nitro benzene ring substituents is 1. The SMILES string of the molecule is NCCCCNc1ccc(Br)cc1[N+](=O)[O-]. The normalized spacial score (nSPS) is 10.1. The Kier molecular flexibility index (Phi) is 5.21. The number of nitrogens with two attached hydrogens (primary N) is 1. The highest BCUT2D eigenvalue weighted by Gasteiger charge is 2.13. The monoisotopic (exact) mass is 287 g/mol. The highest BCUT2D eigenvalue weighted by atomic mass is 79.9. The smallest absolute Gasteiger partial charge is 0.293 e. The fourth-order valence-corrected chi connectivity index (χ4v) is 1.65. The Morgan fingerprint density at radius 1 is 1.44 bits per heavy atom. The molecule has 1 aromatic carbocycles. The van der Waals surface area contributed by atoms with Gasteiger partial charge in [0.05, 0.1) is 4.92 Å². The molecule has 0 aliphatic rings. The van der Waals surface area contributed by atoms with E-state index in [1.54, 1.807) is 12.1 Å². The second kappa shape index (κ2) is 6.44. The van der Waals surface area contributed by atoms with Crippen molar-refractivity contribution in [2.45, 2.75) is 12.8 Å². The summed E-state index contributed by atoms with van der Waals surface area (Å²) in [4.78, 5) is 10.4. The van der Waals surface area contributed by atoms with E-state index in [-0.39, 0.29) is 5.69 Å². The van der Waals surface area contributed by atoms with Gasteiger partial charge in [-0.1, -0.05) is 15.9 Å². The maximum atomic E-state index is 10.8. The summed E-state index contributed by atoms with van der Waals surface area (Å²) in [7, 11) is 0.